The van der Waals surface area contributed by atoms with Gasteiger partial charge in [0.05, 0.1) is 0 Å². The van der Waals surface area contributed by atoms with Crippen molar-refractivity contribution < 1.29 is 0 Å². The Morgan fingerprint density at radius 2 is 0.364 bits per heavy atom. The van der Waals surface area contributed by atoms with Crippen molar-refractivity contribution in [2.75, 3.05) is 0 Å². The van der Waals surface area contributed by atoms with Crippen LogP contribution in [0, 0.1) is 0 Å². The summed E-state index contributed by atoms with van der Waals surface area (Å²) in [6.07, 6.45) is 82.1. The predicted molar refractivity (Wildman–Crippen MR) is 302 cm³/mol. The van der Waals surface area contributed by atoms with E-state index in [1.165, 1.54) is 377 Å². The zero-order valence-electron chi connectivity index (χ0n) is 46.4. The van der Waals surface area contributed by atoms with E-state index in [1.807, 2.05) is 0 Å². The highest BCUT2D eigenvalue weighted by Gasteiger charge is 2.06. The Kier molecular flexibility index (Phi) is 52.7. The lowest BCUT2D eigenvalue weighted by atomic mass is 10.0. The lowest BCUT2D eigenvalue weighted by Crippen LogP contribution is -2.00. The number of aryl methyl sites for hydroxylation is 3. The molecule has 0 spiro atoms. The van der Waals surface area contributed by atoms with Crippen LogP contribution in [0.3, 0.4) is 0 Å². The van der Waals surface area contributed by atoms with Gasteiger partial charge in [-0.1, -0.05) is 348 Å². The van der Waals surface area contributed by atoms with Crippen LogP contribution >= 0.6 is 0 Å². The lowest BCUT2D eigenvalue weighted by molar-refractivity contribution is 0.515. The molecule has 66 heavy (non-hydrogen) atoms. The molecule has 390 valence electrons. The monoisotopic (exact) mass is 920 g/mol. The minimum absolute atomic E-state index is 1.19. The maximum Gasteiger partial charge on any atom is 0.0409 e. The second-order valence-corrected chi connectivity index (χ2v) is 22.2. The first-order chi connectivity index (χ1) is 32.8. The van der Waals surface area contributed by atoms with Crippen molar-refractivity contribution in [3.05, 3.63) is 29.1 Å². The highest BCUT2D eigenvalue weighted by Crippen LogP contribution is 2.20. The third kappa shape index (κ3) is 48.2. The molecule has 1 aromatic rings. The summed E-state index contributed by atoms with van der Waals surface area (Å²) in [6.45, 7) is 6.95. The van der Waals surface area contributed by atoms with Gasteiger partial charge in [-0.2, -0.15) is 0 Å². The number of rotatable bonds is 57. The van der Waals surface area contributed by atoms with Gasteiger partial charge in [0.15, 0.2) is 0 Å². The molecule has 0 unspecified atom stereocenters. The minimum Gasteiger partial charge on any atom is -0.258 e. The summed E-state index contributed by atoms with van der Waals surface area (Å²) < 4.78 is 0. The number of pyridine rings is 1. The zero-order chi connectivity index (χ0) is 47.2. The highest BCUT2D eigenvalue weighted by atomic mass is 14.7. The number of aromatic nitrogens is 1. The lowest BCUT2D eigenvalue weighted by Gasteiger charge is -2.10. The molecule has 1 heteroatoms. The van der Waals surface area contributed by atoms with Crippen LogP contribution in [0.4, 0.5) is 0 Å². The van der Waals surface area contributed by atoms with Gasteiger partial charge < -0.3 is 0 Å². The van der Waals surface area contributed by atoms with Crippen LogP contribution < -0.4 is 0 Å². The van der Waals surface area contributed by atoms with Gasteiger partial charge in [0.1, 0.15) is 0 Å². The van der Waals surface area contributed by atoms with Gasteiger partial charge in [-0.05, 0) is 56.2 Å². The molecule has 1 rings (SSSR count). The highest BCUT2D eigenvalue weighted by molar-refractivity contribution is 5.22. The Morgan fingerprint density at radius 3 is 0.545 bits per heavy atom. The van der Waals surface area contributed by atoms with Crippen molar-refractivity contribution in [2.45, 2.75) is 387 Å². The van der Waals surface area contributed by atoms with E-state index in [1.54, 1.807) is 5.56 Å². The molecule has 0 saturated heterocycles. The molecule has 0 amide bonds. The third-order valence-corrected chi connectivity index (χ3v) is 15.4. The maximum atomic E-state index is 5.21. The van der Waals surface area contributed by atoms with Crippen molar-refractivity contribution in [1.82, 2.24) is 4.98 Å². The molecule has 0 aliphatic carbocycles. The fraction of sp³-hybridized carbons (Fsp3) is 0.923. The van der Waals surface area contributed by atoms with Crippen molar-refractivity contribution >= 4 is 0 Å². The number of hydrogen-bond acceptors (Lipinski definition) is 1. The third-order valence-electron chi connectivity index (χ3n) is 15.4. The molecule has 1 nitrogen and oxygen atoms in total. The van der Waals surface area contributed by atoms with E-state index in [2.05, 4.69) is 32.9 Å². The summed E-state index contributed by atoms with van der Waals surface area (Å²) in [5.41, 5.74) is 4.33. The Hall–Kier alpha value is -0.850. The SMILES string of the molecule is CCCCCCCCCCCCCCCCCCCCCCCCCCCCc1cc(CCCC)cc(CCCCCCCCCCCCCCCCCCCCCCCCCCCC)n1. The number of unbranched alkanes of at least 4 members (excludes halogenated alkanes) is 51. The van der Waals surface area contributed by atoms with Crippen LogP contribution in [-0.4, -0.2) is 4.98 Å². The molecule has 1 heterocycles. The van der Waals surface area contributed by atoms with E-state index in [9.17, 15) is 0 Å². The van der Waals surface area contributed by atoms with Crippen LogP contribution in [0.2, 0.25) is 0 Å². The Balaban J connectivity index is 1.91. The molecule has 0 radical (unpaired) electrons. The Morgan fingerprint density at radius 1 is 0.197 bits per heavy atom. The van der Waals surface area contributed by atoms with Crippen LogP contribution in [0.5, 0.6) is 0 Å². The quantitative estimate of drug-likeness (QED) is 0.0593. The summed E-state index contributed by atoms with van der Waals surface area (Å²) >= 11 is 0. The molecule has 1 aromatic heterocycles. The Labute approximate surface area is 419 Å². The van der Waals surface area contributed by atoms with E-state index >= 15 is 0 Å². The maximum absolute atomic E-state index is 5.21. The van der Waals surface area contributed by atoms with Gasteiger partial charge in [0.25, 0.3) is 0 Å². The summed E-state index contributed by atoms with van der Waals surface area (Å²) in [5, 5.41) is 0. The van der Waals surface area contributed by atoms with Gasteiger partial charge in [-0.15, -0.1) is 0 Å². The van der Waals surface area contributed by atoms with Crippen molar-refractivity contribution in [3.8, 4) is 0 Å². The standard InChI is InChI=1S/C65H125N/c1-4-7-10-12-14-16-18-20-22-24-26-28-30-32-34-36-38-40-42-44-46-48-50-52-54-56-59-64-61-63(58-9-6-3)62-65(66-64)60-57-55-53-51-49-47-45-43-41-39-37-35-33-31-29-27-25-23-21-19-17-15-13-11-8-5-2/h61-62H,4-60H2,1-3H3. The summed E-state index contributed by atoms with van der Waals surface area (Å²) in [6, 6.07) is 4.92. The van der Waals surface area contributed by atoms with Gasteiger partial charge in [0.2, 0.25) is 0 Å². The molecule has 0 bridgehead atoms. The van der Waals surface area contributed by atoms with E-state index in [0.29, 0.717) is 0 Å². The summed E-state index contributed by atoms with van der Waals surface area (Å²) in [5.74, 6) is 0. The van der Waals surface area contributed by atoms with Crippen LogP contribution in [-0.2, 0) is 19.3 Å². The van der Waals surface area contributed by atoms with E-state index in [-0.39, 0.29) is 0 Å². The van der Waals surface area contributed by atoms with Crippen LogP contribution in [0.15, 0.2) is 12.1 Å². The molecule has 0 aromatic carbocycles. The van der Waals surface area contributed by atoms with Gasteiger partial charge in [0, 0.05) is 11.4 Å². The molecule has 0 saturated carbocycles. The molecular formula is C65H125N. The van der Waals surface area contributed by atoms with E-state index < -0.39 is 0 Å². The molecule has 0 aliphatic heterocycles. The van der Waals surface area contributed by atoms with Gasteiger partial charge >= 0.3 is 0 Å². The van der Waals surface area contributed by atoms with Crippen molar-refractivity contribution in [3.63, 3.8) is 0 Å². The minimum atomic E-state index is 1.19. The molecule has 0 atom stereocenters. The van der Waals surface area contributed by atoms with Gasteiger partial charge in [-0.25, -0.2) is 0 Å². The topological polar surface area (TPSA) is 12.9 Å². The fourth-order valence-corrected chi connectivity index (χ4v) is 10.7. The first-order valence-electron chi connectivity index (χ1n) is 31.8. The predicted octanol–water partition coefficient (Wildman–Crippen LogP) is 23.8. The van der Waals surface area contributed by atoms with Crippen LogP contribution in [0.25, 0.3) is 0 Å². The van der Waals surface area contributed by atoms with Crippen molar-refractivity contribution in [1.29, 1.82) is 0 Å². The molecular weight excluding hydrogens is 795 g/mol. The Bertz CT molecular complexity index is 954. The number of nitrogens with zero attached hydrogens (tertiary/aromatic N) is 1. The normalized spacial score (nSPS) is 11.7. The molecule has 0 fully saturated rings. The average molecular weight is 921 g/mol. The molecule has 0 N–H and O–H groups in total. The first kappa shape index (κ1) is 63.2. The smallest absolute Gasteiger partial charge is 0.0409 e. The number of hydrogen-bond donors (Lipinski definition) is 0. The summed E-state index contributed by atoms with van der Waals surface area (Å²) in [4.78, 5) is 5.21. The van der Waals surface area contributed by atoms with Crippen LogP contribution in [0.1, 0.15) is 384 Å². The zero-order valence-corrected chi connectivity index (χ0v) is 46.4. The largest absolute Gasteiger partial charge is 0.258 e. The molecule has 0 aliphatic rings. The summed E-state index contributed by atoms with van der Waals surface area (Å²) in [7, 11) is 0. The second-order valence-electron chi connectivity index (χ2n) is 22.2. The fourth-order valence-electron chi connectivity index (χ4n) is 10.7. The van der Waals surface area contributed by atoms with E-state index in [0.717, 1.165) is 0 Å². The average Bonchev–Trinajstić information content (AvgIpc) is 3.33. The van der Waals surface area contributed by atoms with Gasteiger partial charge in [-0.3, -0.25) is 4.98 Å². The first-order valence-corrected chi connectivity index (χ1v) is 31.8. The van der Waals surface area contributed by atoms with E-state index in [4.69, 9.17) is 4.98 Å². The second kappa shape index (κ2) is 55.1. The van der Waals surface area contributed by atoms with Crippen molar-refractivity contribution in [2.24, 2.45) is 0 Å².